The molecule has 2 N–H and O–H groups in total. The van der Waals surface area contributed by atoms with E-state index in [1.54, 1.807) is 12.3 Å². The highest BCUT2D eigenvalue weighted by Gasteiger charge is 2.10. The third kappa shape index (κ3) is 3.34. The van der Waals surface area contributed by atoms with E-state index < -0.39 is 0 Å². The van der Waals surface area contributed by atoms with Crippen molar-refractivity contribution in [3.05, 3.63) is 60.0 Å². The zero-order chi connectivity index (χ0) is 16.4. The minimum atomic E-state index is -0.307. The molecule has 0 saturated heterocycles. The Kier molecular flexibility index (Phi) is 4.02. The minimum Gasteiger partial charge on any atom is -0.378 e. The number of carbonyl (C=O) groups excluding carboxylic acids is 1. The third-order valence-electron chi connectivity index (χ3n) is 3.75. The Balaban J connectivity index is 1.72. The summed E-state index contributed by atoms with van der Waals surface area (Å²) in [4.78, 5) is 17.2. The number of fused-ring (bicyclic) bond motifs is 1. The van der Waals surface area contributed by atoms with Gasteiger partial charge in [0.05, 0.1) is 6.42 Å². The Morgan fingerprint density at radius 2 is 1.91 bits per heavy atom. The van der Waals surface area contributed by atoms with Gasteiger partial charge in [0.2, 0.25) is 5.91 Å². The molecule has 23 heavy (non-hydrogen) atoms. The molecular formula is C18H18FN3O. The number of aromatic nitrogens is 1. The summed E-state index contributed by atoms with van der Waals surface area (Å²) in [7, 11) is 3.92. The van der Waals surface area contributed by atoms with Gasteiger partial charge in [0.15, 0.2) is 0 Å². The van der Waals surface area contributed by atoms with Gasteiger partial charge in [-0.1, -0.05) is 0 Å². The predicted molar refractivity (Wildman–Crippen MR) is 91.4 cm³/mol. The molecule has 5 heteroatoms. The second-order valence-electron chi connectivity index (χ2n) is 5.67. The molecule has 3 rings (SSSR count). The fourth-order valence-electron chi connectivity index (χ4n) is 2.52. The number of rotatable bonds is 4. The van der Waals surface area contributed by atoms with E-state index in [0.717, 1.165) is 27.8 Å². The van der Waals surface area contributed by atoms with Crippen LogP contribution in [0.4, 0.5) is 15.8 Å². The molecule has 4 nitrogen and oxygen atoms in total. The van der Waals surface area contributed by atoms with Crippen LogP contribution in [0.1, 0.15) is 5.56 Å². The molecule has 3 aromatic rings. The van der Waals surface area contributed by atoms with Crippen molar-refractivity contribution in [1.82, 2.24) is 4.98 Å². The van der Waals surface area contributed by atoms with Crippen LogP contribution in [0.15, 0.2) is 48.7 Å². The molecule has 0 unspecified atom stereocenters. The van der Waals surface area contributed by atoms with Crippen molar-refractivity contribution in [2.75, 3.05) is 24.3 Å². The quantitative estimate of drug-likeness (QED) is 0.774. The molecular weight excluding hydrogens is 293 g/mol. The van der Waals surface area contributed by atoms with Gasteiger partial charge in [-0.25, -0.2) is 4.39 Å². The van der Waals surface area contributed by atoms with Crippen LogP contribution in [-0.2, 0) is 11.2 Å². The Hall–Kier alpha value is -2.82. The summed E-state index contributed by atoms with van der Waals surface area (Å²) in [6.45, 7) is 0. The van der Waals surface area contributed by atoms with Gasteiger partial charge in [0.25, 0.3) is 0 Å². The largest absolute Gasteiger partial charge is 0.378 e. The zero-order valence-electron chi connectivity index (χ0n) is 13.1. The van der Waals surface area contributed by atoms with E-state index in [4.69, 9.17) is 0 Å². The average Bonchev–Trinajstić information content (AvgIpc) is 2.90. The molecule has 0 fully saturated rings. The number of nitrogens with zero attached hydrogens (tertiary/aromatic N) is 1. The van der Waals surface area contributed by atoms with Crippen LogP contribution in [0.3, 0.4) is 0 Å². The molecule has 0 bridgehead atoms. The van der Waals surface area contributed by atoms with Crippen LogP contribution in [0.5, 0.6) is 0 Å². The maximum Gasteiger partial charge on any atom is 0.228 e. The second kappa shape index (κ2) is 6.12. The summed E-state index contributed by atoms with van der Waals surface area (Å²) in [6, 6.07) is 12.1. The van der Waals surface area contributed by atoms with Gasteiger partial charge in [-0.15, -0.1) is 0 Å². The van der Waals surface area contributed by atoms with Gasteiger partial charge in [-0.3, -0.25) is 4.79 Å². The van der Waals surface area contributed by atoms with Crippen LogP contribution in [0.25, 0.3) is 10.9 Å². The van der Waals surface area contributed by atoms with Gasteiger partial charge in [-0.2, -0.15) is 0 Å². The lowest BCUT2D eigenvalue weighted by Gasteiger charge is -2.13. The van der Waals surface area contributed by atoms with E-state index in [1.807, 2.05) is 43.3 Å². The normalized spacial score (nSPS) is 10.7. The van der Waals surface area contributed by atoms with Crippen molar-refractivity contribution in [1.29, 1.82) is 0 Å². The van der Waals surface area contributed by atoms with Crippen LogP contribution < -0.4 is 10.2 Å². The number of carbonyl (C=O) groups is 1. The SMILES string of the molecule is CN(C)c1ccc(NC(=O)Cc2c[nH]c3ccc(F)cc23)cc1. The van der Waals surface area contributed by atoms with Gasteiger partial charge in [0.1, 0.15) is 5.82 Å². The maximum absolute atomic E-state index is 13.4. The lowest BCUT2D eigenvalue weighted by molar-refractivity contribution is -0.115. The van der Waals surface area contributed by atoms with E-state index in [2.05, 4.69) is 10.3 Å². The molecule has 1 amide bonds. The molecule has 0 aliphatic heterocycles. The van der Waals surface area contributed by atoms with E-state index in [-0.39, 0.29) is 18.1 Å². The van der Waals surface area contributed by atoms with Crippen molar-refractivity contribution in [3.63, 3.8) is 0 Å². The van der Waals surface area contributed by atoms with Crippen molar-refractivity contribution in [3.8, 4) is 0 Å². The summed E-state index contributed by atoms with van der Waals surface area (Å²) in [5.41, 5.74) is 3.41. The van der Waals surface area contributed by atoms with E-state index >= 15 is 0 Å². The molecule has 0 radical (unpaired) electrons. The van der Waals surface area contributed by atoms with E-state index in [1.165, 1.54) is 12.1 Å². The first kappa shape index (κ1) is 15.1. The fraction of sp³-hybridized carbons (Fsp3) is 0.167. The average molecular weight is 311 g/mol. The second-order valence-corrected chi connectivity index (χ2v) is 5.67. The summed E-state index contributed by atoms with van der Waals surface area (Å²) in [5.74, 6) is -0.439. The highest BCUT2D eigenvalue weighted by molar-refractivity contribution is 5.95. The smallest absolute Gasteiger partial charge is 0.228 e. The first-order valence-corrected chi connectivity index (χ1v) is 7.35. The molecule has 2 aromatic carbocycles. The first-order chi connectivity index (χ1) is 11.0. The molecule has 118 valence electrons. The summed E-state index contributed by atoms with van der Waals surface area (Å²) >= 11 is 0. The van der Waals surface area contributed by atoms with Crippen LogP contribution >= 0.6 is 0 Å². The standard InChI is InChI=1S/C18H18FN3O/c1-22(2)15-6-4-14(5-7-15)21-18(23)9-12-11-20-17-8-3-13(19)10-16(12)17/h3-8,10-11,20H,9H2,1-2H3,(H,21,23). The molecule has 1 aromatic heterocycles. The Bertz CT molecular complexity index is 837. The molecule has 1 heterocycles. The number of H-pyrrole nitrogens is 1. The fourth-order valence-corrected chi connectivity index (χ4v) is 2.52. The molecule has 0 aliphatic carbocycles. The number of hydrogen-bond acceptors (Lipinski definition) is 2. The molecule has 0 spiro atoms. The van der Waals surface area contributed by atoms with Crippen molar-refractivity contribution < 1.29 is 9.18 Å². The van der Waals surface area contributed by atoms with Crippen molar-refractivity contribution in [2.24, 2.45) is 0 Å². The number of aromatic amines is 1. The molecule has 0 aliphatic rings. The topological polar surface area (TPSA) is 48.1 Å². The monoisotopic (exact) mass is 311 g/mol. The van der Waals surface area contributed by atoms with Gasteiger partial charge in [-0.05, 0) is 48.0 Å². The predicted octanol–water partition coefficient (Wildman–Crippen LogP) is 3.55. The van der Waals surface area contributed by atoms with Crippen molar-refractivity contribution >= 4 is 28.2 Å². The van der Waals surface area contributed by atoms with Crippen LogP contribution in [-0.4, -0.2) is 25.0 Å². The number of anilines is 2. The Morgan fingerprint density at radius 3 is 2.61 bits per heavy atom. The van der Waals surface area contributed by atoms with Gasteiger partial charge >= 0.3 is 0 Å². The lowest BCUT2D eigenvalue weighted by Crippen LogP contribution is -2.14. The number of benzene rings is 2. The van der Waals surface area contributed by atoms with Gasteiger partial charge < -0.3 is 15.2 Å². The number of hydrogen-bond donors (Lipinski definition) is 2. The summed E-state index contributed by atoms with van der Waals surface area (Å²) < 4.78 is 13.4. The molecule has 0 saturated carbocycles. The number of halogens is 1. The highest BCUT2D eigenvalue weighted by Crippen LogP contribution is 2.21. The number of amides is 1. The zero-order valence-corrected chi connectivity index (χ0v) is 13.1. The maximum atomic E-state index is 13.4. The third-order valence-corrected chi connectivity index (χ3v) is 3.75. The molecule has 0 atom stereocenters. The number of nitrogens with one attached hydrogen (secondary N) is 2. The highest BCUT2D eigenvalue weighted by atomic mass is 19.1. The summed E-state index contributed by atoms with van der Waals surface area (Å²) in [6.07, 6.45) is 1.94. The van der Waals surface area contributed by atoms with Gasteiger partial charge in [0, 0.05) is 42.6 Å². The van der Waals surface area contributed by atoms with E-state index in [0.29, 0.717) is 0 Å². The first-order valence-electron chi connectivity index (χ1n) is 7.35. The van der Waals surface area contributed by atoms with Crippen molar-refractivity contribution in [2.45, 2.75) is 6.42 Å². The van der Waals surface area contributed by atoms with Crippen LogP contribution in [0, 0.1) is 5.82 Å². The lowest BCUT2D eigenvalue weighted by atomic mass is 10.1. The Labute approximate surface area is 133 Å². The van der Waals surface area contributed by atoms with E-state index in [9.17, 15) is 9.18 Å². The Morgan fingerprint density at radius 1 is 1.17 bits per heavy atom. The van der Waals surface area contributed by atoms with Crippen LogP contribution in [0.2, 0.25) is 0 Å². The summed E-state index contributed by atoms with van der Waals surface area (Å²) in [5, 5.41) is 3.60. The minimum absolute atomic E-state index is 0.132.